The Morgan fingerprint density at radius 1 is 1.14 bits per heavy atom. The third kappa shape index (κ3) is 5.24. The van der Waals surface area contributed by atoms with Crippen LogP contribution in [-0.2, 0) is 5.75 Å². The minimum atomic E-state index is -0.264. The number of aromatic nitrogens is 2. The second-order valence-electron chi connectivity index (χ2n) is 9.30. The lowest BCUT2D eigenvalue weighted by Gasteiger charge is -2.31. The summed E-state index contributed by atoms with van der Waals surface area (Å²) in [5.41, 5.74) is 8.52. The number of phenols is 1. The molecule has 0 amide bonds. The summed E-state index contributed by atoms with van der Waals surface area (Å²) in [7, 11) is 0. The summed E-state index contributed by atoms with van der Waals surface area (Å²) in [4.78, 5) is 15.4. The highest BCUT2D eigenvalue weighted by atomic mass is 32.2. The largest absolute Gasteiger partial charge is 0.508 e. The molecule has 2 aliphatic rings. The van der Waals surface area contributed by atoms with Gasteiger partial charge in [0.15, 0.2) is 0 Å². The van der Waals surface area contributed by atoms with Gasteiger partial charge in [-0.25, -0.2) is 0 Å². The molecule has 35 heavy (non-hydrogen) atoms. The number of para-hydroxylation sites is 1. The molecular weight excluding hydrogens is 462 g/mol. The number of aromatic hydroxyl groups is 1. The normalized spacial score (nSPS) is 16.4. The van der Waals surface area contributed by atoms with Gasteiger partial charge in [0.25, 0.3) is 0 Å². The monoisotopic (exact) mass is 491 g/mol. The van der Waals surface area contributed by atoms with E-state index in [-0.39, 0.29) is 16.7 Å². The molecule has 1 fully saturated rings. The molecule has 9 heteroatoms. The number of hydrogen-bond acceptors (Lipinski definition) is 8. The Hall–Kier alpha value is -3.59. The van der Waals surface area contributed by atoms with Gasteiger partial charge in [0.05, 0.1) is 18.5 Å². The Balaban J connectivity index is 1.35. The van der Waals surface area contributed by atoms with Crippen molar-refractivity contribution in [2.45, 2.75) is 25.5 Å². The minimum Gasteiger partial charge on any atom is -0.508 e. The molecule has 2 aromatic carbocycles. The van der Waals surface area contributed by atoms with Gasteiger partial charge in [-0.3, -0.25) is 4.79 Å². The zero-order valence-electron chi connectivity index (χ0n) is 19.6. The summed E-state index contributed by atoms with van der Waals surface area (Å²) in [6.07, 6.45) is 7.82. The van der Waals surface area contributed by atoms with Crippen molar-refractivity contribution in [3.63, 3.8) is 0 Å². The zero-order valence-corrected chi connectivity index (χ0v) is 20.4. The summed E-state index contributed by atoms with van der Waals surface area (Å²) in [5, 5.41) is 14.5. The summed E-state index contributed by atoms with van der Waals surface area (Å²) in [6, 6.07) is 14.5. The van der Waals surface area contributed by atoms with E-state index < -0.39 is 0 Å². The number of anilines is 2. The Morgan fingerprint density at radius 3 is 2.66 bits per heavy atom. The van der Waals surface area contributed by atoms with Crippen LogP contribution in [0.5, 0.6) is 11.5 Å². The summed E-state index contributed by atoms with van der Waals surface area (Å²) in [6.45, 7) is 4.08. The summed E-state index contributed by atoms with van der Waals surface area (Å²) < 4.78 is 9.65. The maximum absolute atomic E-state index is 13.4. The van der Waals surface area contributed by atoms with Crippen molar-refractivity contribution in [3.8, 4) is 17.2 Å². The molecule has 182 valence electrons. The van der Waals surface area contributed by atoms with Crippen molar-refractivity contribution in [1.29, 1.82) is 0 Å². The Labute approximate surface area is 208 Å². The van der Waals surface area contributed by atoms with Gasteiger partial charge >= 0.3 is 5.56 Å². The molecule has 8 nitrogen and oxygen atoms in total. The molecule has 0 spiro atoms. The molecule has 2 heterocycles. The summed E-state index contributed by atoms with van der Waals surface area (Å²) in [5.74, 6) is 1.17. The molecule has 0 saturated heterocycles. The number of rotatable bonds is 8. The van der Waals surface area contributed by atoms with Gasteiger partial charge in [-0.15, -0.1) is 0 Å². The lowest BCUT2D eigenvalue weighted by Crippen LogP contribution is -2.34. The molecule has 1 saturated carbocycles. The first-order valence-corrected chi connectivity index (χ1v) is 12.6. The van der Waals surface area contributed by atoms with E-state index in [1.54, 1.807) is 36.3 Å². The lowest BCUT2D eigenvalue weighted by atomic mass is 10.2. The number of ether oxygens (including phenoxy) is 1. The van der Waals surface area contributed by atoms with Crippen LogP contribution in [0.4, 0.5) is 11.4 Å². The fourth-order valence-electron chi connectivity index (χ4n) is 3.82. The Morgan fingerprint density at radius 2 is 1.94 bits per heavy atom. The predicted octanol–water partition coefficient (Wildman–Crippen LogP) is 4.14. The van der Waals surface area contributed by atoms with Crippen molar-refractivity contribution < 1.29 is 9.84 Å². The Bertz CT molecular complexity index is 1290. The van der Waals surface area contributed by atoms with Gasteiger partial charge in [-0.2, -0.15) is 9.78 Å². The number of nitrogens with two attached hydrogens (primary N) is 1. The molecule has 1 aromatic heterocycles. The molecule has 0 atom stereocenters. The van der Waals surface area contributed by atoms with Gasteiger partial charge in [0.2, 0.25) is 5.75 Å². The number of hydrogen-bond donors (Lipinski definition) is 2. The Kier molecular flexibility index (Phi) is 6.34. The van der Waals surface area contributed by atoms with Crippen molar-refractivity contribution in [2.24, 2.45) is 5.41 Å². The van der Waals surface area contributed by atoms with E-state index in [1.165, 1.54) is 4.68 Å². The smallest absolute Gasteiger partial charge is 0.316 e. The molecule has 0 radical (unpaired) electrons. The van der Waals surface area contributed by atoms with Gasteiger partial charge in [-0.1, -0.05) is 25.1 Å². The fraction of sp³-hybridized carbons (Fsp3) is 0.308. The second-order valence-corrected chi connectivity index (χ2v) is 10.3. The minimum absolute atomic E-state index is 0.141. The SMILES string of the molecule is CC1(COc2c(N3C=CN(SCc4cc(N)ccc4O)CC3)cnn(-c3ccccc3)c2=O)CC1. The van der Waals surface area contributed by atoms with Crippen LogP contribution >= 0.6 is 11.9 Å². The highest BCUT2D eigenvalue weighted by Gasteiger charge is 2.38. The molecule has 3 aromatic rings. The number of nitrogen functional groups attached to an aromatic ring is 1. The van der Waals surface area contributed by atoms with E-state index in [4.69, 9.17) is 10.5 Å². The third-order valence-corrected chi connectivity index (χ3v) is 7.43. The topological polar surface area (TPSA) is 96.8 Å². The van der Waals surface area contributed by atoms with Crippen molar-refractivity contribution >= 4 is 23.3 Å². The quantitative estimate of drug-likeness (QED) is 0.276. The van der Waals surface area contributed by atoms with Crippen LogP contribution in [0.25, 0.3) is 5.69 Å². The van der Waals surface area contributed by atoms with E-state index in [9.17, 15) is 9.90 Å². The number of phenolic OH excluding ortho intramolecular Hbond substituents is 1. The van der Waals surface area contributed by atoms with Crippen LogP contribution in [0.3, 0.4) is 0 Å². The highest BCUT2D eigenvalue weighted by Crippen LogP contribution is 2.45. The maximum atomic E-state index is 13.4. The van der Waals surface area contributed by atoms with Crippen LogP contribution in [0.2, 0.25) is 0 Å². The van der Waals surface area contributed by atoms with E-state index in [1.807, 2.05) is 47.6 Å². The zero-order chi connectivity index (χ0) is 24.4. The van der Waals surface area contributed by atoms with E-state index >= 15 is 0 Å². The lowest BCUT2D eigenvalue weighted by molar-refractivity contribution is 0.243. The van der Waals surface area contributed by atoms with Crippen molar-refractivity contribution in [3.05, 3.63) is 83.0 Å². The molecule has 0 unspecified atom stereocenters. The standard InChI is InChI=1S/C26H29N5O3S/c1-26(9-10-26)18-34-24-22(16-28-31(25(24)33)21-5-3-2-4-6-21)29-11-13-30(14-12-29)35-17-19-15-20(27)7-8-23(19)32/h2-8,11,13,15-16,32H,9-10,12,14,17-18,27H2,1H3. The van der Waals surface area contributed by atoms with Gasteiger partial charge < -0.3 is 24.8 Å². The third-order valence-electron chi connectivity index (χ3n) is 6.36. The van der Waals surface area contributed by atoms with Crippen LogP contribution < -0.4 is 20.9 Å². The van der Waals surface area contributed by atoms with Gasteiger partial charge in [-0.05, 0) is 55.1 Å². The average Bonchev–Trinajstić information content (AvgIpc) is 3.61. The number of nitrogens with zero attached hydrogens (tertiary/aromatic N) is 4. The fourth-order valence-corrected chi connectivity index (χ4v) is 4.71. The van der Waals surface area contributed by atoms with E-state index in [0.717, 1.165) is 24.9 Å². The number of benzene rings is 2. The summed E-state index contributed by atoms with van der Waals surface area (Å²) >= 11 is 1.59. The molecule has 3 N–H and O–H groups in total. The first kappa shape index (κ1) is 23.2. The molecule has 1 aliphatic heterocycles. The van der Waals surface area contributed by atoms with Crippen molar-refractivity contribution in [1.82, 2.24) is 14.1 Å². The first-order valence-electron chi connectivity index (χ1n) is 11.6. The molecule has 0 bridgehead atoms. The second kappa shape index (κ2) is 9.58. The first-order chi connectivity index (χ1) is 16.9. The molecular formula is C26H29N5O3S. The highest BCUT2D eigenvalue weighted by molar-refractivity contribution is 7.96. The van der Waals surface area contributed by atoms with E-state index in [0.29, 0.717) is 41.7 Å². The van der Waals surface area contributed by atoms with Crippen LogP contribution in [0.1, 0.15) is 25.3 Å². The van der Waals surface area contributed by atoms with Gasteiger partial charge in [0.1, 0.15) is 11.4 Å². The average molecular weight is 492 g/mol. The predicted molar refractivity (Wildman–Crippen MR) is 140 cm³/mol. The van der Waals surface area contributed by atoms with Crippen LogP contribution in [0, 0.1) is 5.41 Å². The molecule has 1 aliphatic carbocycles. The van der Waals surface area contributed by atoms with Crippen molar-refractivity contribution in [2.75, 3.05) is 30.3 Å². The van der Waals surface area contributed by atoms with Gasteiger partial charge in [0, 0.05) is 47.9 Å². The molecule has 5 rings (SSSR count). The van der Waals surface area contributed by atoms with Crippen LogP contribution in [0.15, 0.2) is 71.9 Å². The van der Waals surface area contributed by atoms with E-state index in [2.05, 4.69) is 16.3 Å². The maximum Gasteiger partial charge on any atom is 0.316 e. The van der Waals surface area contributed by atoms with Crippen LogP contribution in [-0.4, -0.2) is 38.9 Å².